The summed E-state index contributed by atoms with van der Waals surface area (Å²) in [6, 6.07) is 9.27. The quantitative estimate of drug-likeness (QED) is 0.371. The molecule has 166 valence electrons. The molecule has 0 unspecified atom stereocenters. The van der Waals surface area contributed by atoms with E-state index in [0.29, 0.717) is 12.8 Å². The number of carbonyl (C=O) groups excluding carboxylic acids is 4. The molecule has 1 aromatic carbocycles. The van der Waals surface area contributed by atoms with Crippen LogP contribution < -0.4 is 16.1 Å². The molecule has 1 rings (SSSR count). The van der Waals surface area contributed by atoms with Gasteiger partial charge in [0.25, 0.3) is 5.91 Å². The Morgan fingerprint density at radius 1 is 0.933 bits per heavy atom. The third kappa shape index (κ3) is 11.5. The summed E-state index contributed by atoms with van der Waals surface area (Å²) < 4.78 is 4.41. The van der Waals surface area contributed by atoms with Crippen molar-refractivity contribution in [2.45, 2.75) is 38.5 Å². The zero-order chi connectivity index (χ0) is 22.2. The molecule has 0 aromatic heterocycles. The maximum Gasteiger partial charge on any atom is 0.433 e. The summed E-state index contributed by atoms with van der Waals surface area (Å²) in [5.74, 6) is -0.428. The zero-order valence-corrected chi connectivity index (χ0v) is 17.4. The van der Waals surface area contributed by atoms with Crippen LogP contribution in [0.5, 0.6) is 0 Å². The first kappa shape index (κ1) is 24.7. The van der Waals surface area contributed by atoms with Crippen molar-refractivity contribution in [1.29, 1.82) is 0 Å². The van der Waals surface area contributed by atoms with E-state index in [2.05, 4.69) is 20.9 Å². The van der Waals surface area contributed by atoms with Crippen LogP contribution >= 0.6 is 0 Å². The fraction of sp³-hybridized carbons (Fsp3) is 0.500. The summed E-state index contributed by atoms with van der Waals surface area (Å²) in [5.41, 5.74) is 2.88. The lowest BCUT2D eigenvalue weighted by Gasteiger charge is -2.16. The Labute approximate surface area is 176 Å². The first-order valence-corrected chi connectivity index (χ1v) is 9.80. The van der Waals surface area contributed by atoms with Crippen LogP contribution in [-0.4, -0.2) is 56.1 Å². The molecule has 30 heavy (non-hydrogen) atoms. The van der Waals surface area contributed by atoms with Gasteiger partial charge in [0.05, 0.1) is 7.11 Å². The number of hydroxylamine groups is 1. The molecule has 0 atom stereocenters. The Hall–Kier alpha value is -3.30. The van der Waals surface area contributed by atoms with E-state index in [1.54, 1.807) is 0 Å². The molecule has 0 aliphatic carbocycles. The van der Waals surface area contributed by atoms with Gasteiger partial charge in [0.2, 0.25) is 5.91 Å². The molecule has 0 heterocycles. The number of hydrogen-bond donors (Lipinski definition) is 3. The van der Waals surface area contributed by atoms with E-state index in [1.807, 2.05) is 30.3 Å². The number of benzene rings is 1. The highest BCUT2D eigenvalue weighted by Crippen LogP contribution is 2.09. The van der Waals surface area contributed by atoms with Crippen LogP contribution in [0.25, 0.3) is 0 Å². The third-order valence-electron chi connectivity index (χ3n) is 4.08. The number of amides is 4. The SMILES string of the molecule is COC(=O)NCCN(C)C(=O)ONC(=O)CCCCCCC(=O)Nc1ccccc1. The van der Waals surface area contributed by atoms with Gasteiger partial charge in [-0.3, -0.25) is 9.59 Å². The van der Waals surface area contributed by atoms with Crippen molar-refractivity contribution >= 4 is 29.7 Å². The summed E-state index contributed by atoms with van der Waals surface area (Å²) in [7, 11) is 2.72. The van der Waals surface area contributed by atoms with Gasteiger partial charge in [-0.1, -0.05) is 31.0 Å². The van der Waals surface area contributed by atoms with Gasteiger partial charge in [-0.2, -0.15) is 5.48 Å². The Morgan fingerprint density at radius 3 is 2.20 bits per heavy atom. The Morgan fingerprint density at radius 2 is 1.57 bits per heavy atom. The van der Waals surface area contributed by atoms with E-state index in [-0.39, 0.29) is 25.4 Å². The average Bonchev–Trinajstić information content (AvgIpc) is 2.74. The number of para-hydroxylation sites is 1. The highest BCUT2D eigenvalue weighted by molar-refractivity contribution is 5.90. The first-order chi connectivity index (χ1) is 14.4. The summed E-state index contributed by atoms with van der Waals surface area (Å²) in [6.45, 7) is 0.386. The third-order valence-corrected chi connectivity index (χ3v) is 4.08. The number of methoxy groups -OCH3 is 1. The van der Waals surface area contributed by atoms with Gasteiger partial charge in [0.15, 0.2) is 0 Å². The molecule has 0 saturated carbocycles. The monoisotopic (exact) mass is 422 g/mol. The van der Waals surface area contributed by atoms with Crippen molar-refractivity contribution in [3.8, 4) is 0 Å². The number of unbranched alkanes of at least 4 members (excludes halogenated alkanes) is 3. The van der Waals surface area contributed by atoms with Gasteiger partial charge in [-0.05, 0) is 25.0 Å². The highest BCUT2D eigenvalue weighted by atomic mass is 16.7. The van der Waals surface area contributed by atoms with E-state index in [4.69, 9.17) is 4.84 Å². The smallest absolute Gasteiger partial charge is 0.433 e. The molecule has 10 heteroatoms. The lowest BCUT2D eigenvalue weighted by Crippen LogP contribution is -2.39. The molecule has 1 aromatic rings. The van der Waals surface area contributed by atoms with E-state index in [0.717, 1.165) is 24.9 Å². The number of alkyl carbamates (subject to hydrolysis) is 1. The molecule has 4 amide bonds. The fourth-order valence-corrected chi connectivity index (χ4v) is 2.39. The summed E-state index contributed by atoms with van der Waals surface area (Å²) in [6.07, 6.45) is 2.29. The number of hydrogen-bond acceptors (Lipinski definition) is 6. The predicted molar refractivity (Wildman–Crippen MR) is 110 cm³/mol. The standard InChI is InChI=1S/C20H30N4O6/c1-24(15-14-21-19(27)29-2)20(28)30-23-18(26)13-9-4-3-8-12-17(25)22-16-10-6-5-7-11-16/h5-7,10-11H,3-4,8-9,12-15H2,1-2H3,(H,21,27)(H,22,25)(H,23,26). The van der Waals surface area contributed by atoms with Crippen molar-refractivity contribution < 1.29 is 28.8 Å². The van der Waals surface area contributed by atoms with Crippen molar-refractivity contribution in [2.75, 3.05) is 32.6 Å². The van der Waals surface area contributed by atoms with Crippen LogP contribution in [0.2, 0.25) is 0 Å². The van der Waals surface area contributed by atoms with Crippen LogP contribution in [-0.2, 0) is 19.2 Å². The second-order valence-electron chi connectivity index (χ2n) is 6.56. The van der Waals surface area contributed by atoms with E-state index >= 15 is 0 Å². The first-order valence-electron chi connectivity index (χ1n) is 9.80. The Kier molecular flexibility index (Phi) is 12.1. The van der Waals surface area contributed by atoms with Gasteiger partial charge in [-0.15, -0.1) is 0 Å². The van der Waals surface area contributed by atoms with Crippen LogP contribution in [0.15, 0.2) is 30.3 Å². The minimum Gasteiger partial charge on any atom is -0.453 e. The van der Waals surface area contributed by atoms with Crippen molar-refractivity contribution in [3.05, 3.63) is 30.3 Å². The van der Waals surface area contributed by atoms with Crippen LogP contribution in [0, 0.1) is 0 Å². The molecule has 0 aliphatic heterocycles. The largest absolute Gasteiger partial charge is 0.453 e. The van der Waals surface area contributed by atoms with Gasteiger partial charge >= 0.3 is 12.2 Å². The lowest BCUT2D eigenvalue weighted by molar-refractivity contribution is -0.130. The number of carbonyl (C=O) groups is 4. The second kappa shape index (κ2) is 14.7. The molecule has 0 bridgehead atoms. The highest BCUT2D eigenvalue weighted by Gasteiger charge is 2.12. The van der Waals surface area contributed by atoms with Gasteiger partial charge in [0.1, 0.15) is 0 Å². The molecule has 10 nitrogen and oxygen atoms in total. The van der Waals surface area contributed by atoms with Crippen LogP contribution in [0.4, 0.5) is 15.3 Å². The minimum atomic E-state index is -0.737. The Bertz CT molecular complexity index is 683. The predicted octanol–water partition coefficient (Wildman–Crippen LogP) is 2.42. The molecule has 0 radical (unpaired) electrons. The number of anilines is 1. The summed E-state index contributed by atoms with van der Waals surface area (Å²) in [4.78, 5) is 52.1. The molecule has 0 fully saturated rings. The average molecular weight is 422 g/mol. The van der Waals surface area contributed by atoms with Gasteiger partial charge in [0, 0.05) is 38.7 Å². The lowest BCUT2D eigenvalue weighted by atomic mass is 10.1. The molecule has 0 saturated heterocycles. The number of nitrogens with zero attached hydrogens (tertiary/aromatic N) is 1. The molecule has 0 aliphatic rings. The fourth-order valence-electron chi connectivity index (χ4n) is 2.39. The van der Waals surface area contributed by atoms with Crippen molar-refractivity contribution in [3.63, 3.8) is 0 Å². The summed E-state index contributed by atoms with van der Waals surface area (Å²) >= 11 is 0. The van der Waals surface area contributed by atoms with Crippen molar-refractivity contribution in [2.24, 2.45) is 0 Å². The maximum atomic E-state index is 11.8. The summed E-state index contributed by atoms with van der Waals surface area (Å²) in [5, 5.41) is 5.25. The van der Waals surface area contributed by atoms with Gasteiger partial charge in [-0.25, -0.2) is 9.59 Å². The number of nitrogens with one attached hydrogen (secondary N) is 3. The molecular weight excluding hydrogens is 392 g/mol. The van der Waals surface area contributed by atoms with E-state index in [9.17, 15) is 19.2 Å². The topological polar surface area (TPSA) is 126 Å². The van der Waals surface area contributed by atoms with E-state index < -0.39 is 18.1 Å². The number of rotatable bonds is 11. The number of likely N-dealkylation sites (N-methyl/N-ethyl adjacent to an activating group) is 1. The molecular formula is C20H30N4O6. The second-order valence-corrected chi connectivity index (χ2v) is 6.56. The van der Waals surface area contributed by atoms with Gasteiger partial charge < -0.3 is 25.1 Å². The van der Waals surface area contributed by atoms with Crippen LogP contribution in [0.3, 0.4) is 0 Å². The van der Waals surface area contributed by atoms with Crippen molar-refractivity contribution in [1.82, 2.24) is 15.7 Å². The van der Waals surface area contributed by atoms with Crippen LogP contribution in [0.1, 0.15) is 38.5 Å². The molecule has 0 spiro atoms. The zero-order valence-electron chi connectivity index (χ0n) is 17.4. The normalized spacial score (nSPS) is 9.93. The molecule has 3 N–H and O–H groups in total. The Balaban J connectivity index is 2.03. The van der Waals surface area contributed by atoms with E-state index in [1.165, 1.54) is 19.1 Å². The maximum absolute atomic E-state index is 11.8. The number of ether oxygens (including phenoxy) is 1. The minimum absolute atomic E-state index is 0.0308.